The number of rotatable bonds is 4. The number of aromatic nitrogens is 4. The topological polar surface area (TPSA) is 203 Å². The number of hydrogen-bond acceptors (Lipinski definition) is 12. The van der Waals surface area contributed by atoms with Crippen LogP contribution in [0.4, 0.5) is 23.3 Å². The maximum absolute atomic E-state index is 11.0. The fourth-order valence-electron chi connectivity index (χ4n) is 0.885. The summed E-state index contributed by atoms with van der Waals surface area (Å²) < 4.78 is 7.96. The lowest BCUT2D eigenvalue weighted by atomic mass is 10.6. The molecule has 15 heteroatoms. The Morgan fingerprint density at radius 2 is 1.74 bits per heavy atom. The molecule has 19 heavy (non-hydrogen) atoms. The van der Waals surface area contributed by atoms with Crippen LogP contribution in [0, 0.1) is 25.4 Å². The SMILES string of the molecule is O=[N+]([O-])c1nonc1N=Nc1c([N+](=O)[O-])no[n+]1[O-]. The van der Waals surface area contributed by atoms with Gasteiger partial charge in [-0.05, 0) is 19.9 Å². The smallest absolute Gasteiger partial charge is 0.390 e. The highest BCUT2D eigenvalue weighted by atomic mass is 16.8. The molecule has 0 spiro atoms. The predicted molar refractivity (Wildman–Crippen MR) is 47.2 cm³/mol. The third kappa shape index (κ3) is 2.14. The van der Waals surface area contributed by atoms with Crippen molar-refractivity contribution >= 4 is 23.3 Å². The summed E-state index contributed by atoms with van der Waals surface area (Å²) in [5, 5.41) is 46.8. The van der Waals surface area contributed by atoms with Crippen LogP contribution in [-0.4, -0.2) is 25.3 Å². The minimum atomic E-state index is -1.05. The molecular weight excluding hydrogens is 272 g/mol. The van der Waals surface area contributed by atoms with Crippen molar-refractivity contribution < 1.29 is 24.0 Å². The molecule has 2 rings (SSSR count). The van der Waals surface area contributed by atoms with E-state index >= 15 is 0 Å². The Balaban J connectivity index is 2.38. The Labute approximate surface area is 99.5 Å². The summed E-state index contributed by atoms with van der Waals surface area (Å²) in [5.41, 5.74) is 0. The van der Waals surface area contributed by atoms with Gasteiger partial charge in [0.25, 0.3) is 0 Å². The molecule has 0 bridgehead atoms. The Morgan fingerprint density at radius 3 is 2.37 bits per heavy atom. The van der Waals surface area contributed by atoms with Crippen LogP contribution in [0.25, 0.3) is 0 Å². The largest absolute Gasteiger partial charge is 0.464 e. The molecule has 0 aromatic carbocycles. The van der Waals surface area contributed by atoms with E-state index in [1.807, 2.05) is 0 Å². The van der Waals surface area contributed by atoms with Crippen molar-refractivity contribution in [3.63, 3.8) is 0 Å². The van der Waals surface area contributed by atoms with E-state index in [1.165, 1.54) is 0 Å². The van der Waals surface area contributed by atoms with E-state index < -0.39 is 38.0 Å². The van der Waals surface area contributed by atoms with Crippen LogP contribution < -0.4 is 4.90 Å². The molecule has 0 unspecified atom stereocenters. The van der Waals surface area contributed by atoms with E-state index in [0.29, 0.717) is 0 Å². The van der Waals surface area contributed by atoms with Gasteiger partial charge in [0, 0.05) is 15.4 Å². The highest BCUT2D eigenvalue weighted by Gasteiger charge is 2.28. The van der Waals surface area contributed by atoms with E-state index in [0.717, 1.165) is 0 Å². The second kappa shape index (κ2) is 4.39. The second-order valence-corrected chi connectivity index (χ2v) is 2.70. The van der Waals surface area contributed by atoms with Gasteiger partial charge in [0.05, 0.1) is 0 Å². The Morgan fingerprint density at radius 1 is 1.05 bits per heavy atom. The van der Waals surface area contributed by atoms with E-state index in [4.69, 9.17) is 0 Å². The van der Waals surface area contributed by atoms with Gasteiger partial charge in [-0.3, -0.25) is 0 Å². The quantitative estimate of drug-likeness (QED) is 0.313. The summed E-state index contributed by atoms with van der Waals surface area (Å²) in [4.78, 5) is 18.4. The molecule has 2 aromatic heterocycles. The number of nitro groups is 2. The zero-order valence-electron chi connectivity index (χ0n) is 8.44. The fraction of sp³-hybridized carbons (Fsp3) is 0. The standard InChI is InChI=1S/C4N8O7/c13-10(14)2-1(7-18-8-2)5-6-3-4(11(15)16)9-19-12(3)17. The molecule has 0 aliphatic carbocycles. The molecule has 98 valence electrons. The van der Waals surface area contributed by atoms with Gasteiger partial charge in [0.2, 0.25) is 0 Å². The Kier molecular flexibility index (Phi) is 2.76. The zero-order valence-corrected chi connectivity index (χ0v) is 8.44. The Bertz CT molecular complexity index is 670. The fourth-order valence-corrected chi connectivity index (χ4v) is 0.885. The predicted octanol–water partition coefficient (Wildman–Crippen LogP) is -0.0772. The number of azo groups is 1. The Hall–Kier alpha value is -3.52. The molecule has 0 aliphatic rings. The van der Waals surface area contributed by atoms with Gasteiger partial charge >= 0.3 is 23.3 Å². The van der Waals surface area contributed by atoms with Crippen LogP contribution >= 0.6 is 0 Å². The molecule has 0 fully saturated rings. The highest BCUT2D eigenvalue weighted by Crippen LogP contribution is 2.26. The van der Waals surface area contributed by atoms with Gasteiger partial charge in [0.1, 0.15) is 0 Å². The van der Waals surface area contributed by atoms with E-state index in [1.54, 1.807) is 0 Å². The minimum Gasteiger partial charge on any atom is -0.390 e. The lowest BCUT2D eigenvalue weighted by Crippen LogP contribution is -2.22. The molecule has 2 heterocycles. The van der Waals surface area contributed by atoms with Crippen molar-refractivity contribution in [1.82, 2.24) is 15.5 Å². The van der Waals surface area contributed by atoms with E-state index in [9.17, 15) is 25.4 Å². The summed E-state index contributed by atoms with van der Waals surface area (Å²) >= 11 is 0. The average molecular weight is 272 g/mol. The second-order valence-electron chi connectivity index (χ2n) is 2.70. The van der Waals surface area contributed by atoms with Crippen molar-refractivity contribution in [3.8, 4) is 0 Å². The third-order valence-corrected chi connectivity index (χ3v) is 1.61. The molecule has 0 atom stereocenters. The maximum Gasteiger partial charge on any atom is 0.464 e. The van der Waals surface area contributed by atoms with Crippen molar-refractivity contribution in [3.05, 3.63) is 25.4 Å². The molecule has 0 aliphatic heterocycles. The van der Waals surface area contributed by atoms with Crippen molar-refractivity contribution in [2.24, 2.45) is 10.2 Å². The minimum absolute atomic E-state index is 0.402. The van der Waals surface area contributed by atoms with Crippen LogP contribution in [0.2, 0.25) is 0 Å². The first-order valence-electron chi connectivity index (χ1n) is 4.13. The van der Waals surface area contributed by atoms with Gasteiger partial charge in [-0.15, -0.1) is 4.63 Å². The van der Waals surface area contributed by atoms with Crippen molar-refractivity contribution in [2.75, 3.05) is 0 Å². The van der Waals surface area contributed by atoms with E-state index in [-0.39, 0.29) is 0 Å². The van der Waals surface area contributed by atoms with Gasteiger partial charge in [-0.1, -0.05) is 0 Å². The van der Waals surface area contributed by atoms with Gasteiger partial charge in [-0.25, -0.2) is 0 Å². The summed E-state index contributed by atoms with van der Waals surface area (Å²) in [6, 6.07) is 0. The zero-order chi connectivity index (χ0) is 14.0. The lowest BCUT2D eigenvalue weighted by Gasteiger charge is -1.87. The van der Waals surface area contributed by atoms with E-state index in [2.05, 4.69) is 35.0 Å². The first kappa shape index (κ1) is 12.0. The van der Waals surface area contributed by atoms with Crippen LogP contribution in [-0.2, 0) is 0 Å². The van der Waals surface area contributed by atoms with Gasteiger partial charge < -0.3 is 30.1 Å². The number of nitrogens with zero attached hydrogens (tertiary/aromatic N) is 8. The van der Waals surface area contributed by atoms with Crippen LogP contribution in [0.1, 0.15) is 0 Å². The summed E-state index contributed by atoms with van der Waals surface area (Å²) in [5.74, 6) is -3.49. The molecule has 0 N–H and O–H groups in total. The summed E-state index contributed by atoms with van der Waals surface area (Å²) in [6.45, 7) is 0. The molecule has 0 saturated heterocycles. The van der Waals surface area contributed by atoms with Crippen LogP contribution in [0.3, 0.4) is 0 Å². The first-order chi connectivity index (χ1) is 9.00. The van der Waals surface area contributed by atoms with Crippen molar-refractivity contribution in [2.45, 2.75) is 0 Å². The number of hydrogen-bond donors (Lipinski definition) is 0. The lowest BCUT2D eigenvalue weighted by molar-refractivity contribution is -0.792. The summed E-state index contributed by atoms with van der Waals surface area (Å²) in [6.07, 6.45) is 0. The molecule has 0 saturated carbocycles. The molecule has 0 radical (unpaired) electrons. The van der Waals surface area contributed by atoms with Gasteiger partial charge in [0.15, 0.2) is 5.16 Å². The third-order valence-electron chi connectivity index (χ3n) is 1.61. The van der Waals surface area contributed by atoms with Crippen LogP contribution in [0.5, 0.6) is 0 Å². The monoisotopic (exact) mass is 272 g/mol. The summed E-state index contributed by atoms with van der Waals surface area (Å²) in [7, 11) is 0. The normalized spacial score (nSPS) is 10.9. The van der Waals surface area contributed by atoms with Gasteiger partial charge in [-0.2, -0.15) is 0 Å². The maximum atomic E-state index is 11.0. The van der Waals surface area contributed by atoms with Crippen LogP contribution in [0.15, 0.2) is 19.5 Å². The highest BCUT2D eigenvalue weighted by molar-refractivity contribution is 5.44. The first-order valence-corrected chi connectivity index (χ1v) is 4.13. The average Bonchev–Trinajstić information content (AvgIpc) is 2.92. The molecule has 2 aromatic rings. The molecule has 0 amide bonds. The van der Waals surface area contributed by atoms with Crippen molar-refractivity contribution in [1.29, 1.82) is 0 Å². The molecule has 15 nitrogen and oxygen atoms in total. The molecular formula is C4N8O7.